The highest BCUT2D eigenvalue weighted by Crippen LogP contribution is 2.40. The minimum atomic E-state index is -4.56. The SMILES string of the molecule is O=C1[C@@H]2Cc3ccccc3CN2C(=S)N1c1ccccc1C(F)(F)F. The Balaban J connectivity index is 1.76. The Morgan fingerprint density at radius 2 is 1.64 bits per heavy atom. The number of fused-ring (bicyclic) bond motifs is 2. The number of rotatable bonds is 1. The van der Waals surface area contributed by atoms with E-state index in [0.29, 0.717) is 13.0 Å². The third-order valence-electron chi connectivity index (χ3n) is 4.64. The molecule has 1 fully saturated rings. The van der Waals surface area contributed by atoms with Crippen molar-refractivity contribution in [2.75, 3.05) is 4.90 Å². The van der Waals surface area contributed by atoms with Crippen LogP contribution in [0.1, 0.15) is 16.7 Å². The van der Waals surface area contributed by atoms with Crippen LogP contribution in [-0.2, 0) is 23.9 Å². The Kier molecular flexibility index (Phi) is 3.57. The van der Waals surface area contributed by atoms with Crippen LogP contribution in [0.25, 0.3) is 0 Å². The van der Waals surface area contributed by atoms with E-state index >= 15 is 0 Å². The van der Waals surface area contributed by atoms with Gasteiger partial charge in [-0.05, 0) is 35.5 Å². The van der Waals surface area contributed by atoms with Crippen molar-refractivity contribution in [1.82, 2.24) is 4.90 Å². The number of anilines is 1. The molecule has 0 saturated carbocycles. The maximum atomic E-state index is 13.3. The quantitative estimate of drug-likeness (QED) is 0.722. The Bertz CT molecular complexity index is 838. The van der Waals surface area contributed by atoms with Crippen molar-refractivity contribution in [3.05, 3.63) is 65.2 Å². The Morgan fingerprint density at radius 1 is 1.00 bits per heavy atom. The number of amides is 1. The molecule has 4 rings (SSSR count). The largest absolute Gasteiger partial charge is 0.418 e. The van der Waals surface area contributed by atoms with E-state index in [4.69, 9.17) is 12.2 Å². The van der Waals surface area contributed by atoms with Crippen molar-refractivity contribution in [1.29, 1.82) is 0 Å². The molecule has 0 bridgehead atoms. The van der Waals surface area contributed by atoms with E-state index in [1.54, 1.807) is 4.90 Å². The molecule has 0 unspecified atom stereocenters. The number of thiocarbonyl (C=S) groups is 1. The van der Waals surface area contributed by atoms with E-state index in [1.807, 2.05) is 24.3 Å². The first-order chi connectivity index (χ1) is 11.9. The summed E-state index contributed by atoms with van der Waals surface area (Å²) in [7, 11) is 0. The molecule has 2 aliphatic heterocycles. The van der Waals surface area contributed by atoms with E-state index < -0.39 is 23.7 Å². The van der Waals surface area contributed by atoms with Crippen molar-refractivity contribution in [2.24, 2.45) is 0 Å². The van der Waals surface area contributed by atoms with Gasteiger partial charge >= 0.3 is 6.18 Å². The topological polar surface area (TPSA) is 23.6 Å². The molecule has 1 saturated heterocycles. The van der Waals surface area contributed by atoms with Gasteiger partial charge in [-0.25, -0.2) is 0 Å². The zero-order valence-electron chi connectivity index (χ0n) is 13.0. The van der Waals surface area contributed by atoms with Crippen LogP contribution in [-0.4, -0.2) is 22.0 Å². The van der Waals surface area contributed by atoms with Gasteiger partial charge in [0.1, 0.15) is 6.04 Å². The molecule has 0 aliphatic carbocycles. The lowest BCUT2D eigenvalue weighted by molar-refractivity contribution is -0.137. The van der Waals surface area contributed by atoms with Crippen molar-refractivity contribution in [3.8, 4) is 0 Å². The summed E-state index contributed by atoms with van der Waals surface area (Å²) in [5.74, 6) is -0.406. The number of carbonyl (C=O) groups is 1. The highest BCUT2D eigenvalue weighted by atomic mass is 32.1. The fraction of sp³-hybridized carbons (Fsp3) is 0.222. The zero-order valence-corrected chi connectivity index (χ0v) is 13.8. The van der Waals surface area contributed by atoms with Crippen LogP contribution in [0, 0.1) is 0 Å². The molecule has 0 radical (unpaired) electrons. The monoisotopic (exact) mass is 362 g/mol. The number of hydrogen-bond donors (Lipinski definition) is 0. The summed E-state index contributed by atoms with van der Waals surface area (Å²) >= 11 is 5.37. The second kappa shape index (κ2) is 5.56. The number of carbonyl (C=O) groups excluding carboxylic acids is 1. The first-order valence-electron chi connectivity index (χ1n) is 7.75. The number of hydrogen-bond acceptors (Lipinski definition) is 2. The summed E-state index contributed by atoms with van der Waals surface area (Å²) in [5, 5.41) is 0.126. The molecular formula is C18H13F3N2OS. The lowest BCUT2D eigenvalue weighted by Crippen LogP contribution is -2.39. The van der Waals surface area contributed by atoms with Gasteiger partial charge in [0.2, 0.25) is 0 Å². The van der Waals surface area contributed by atoms with Crippen LogP contribution in [0.5, 0.6) is 0 Å². The predicted octanol–water partition coefficient (Wildman–Crippen LogP) is 3.76. The third kappa shape index (κ3) is 2.50. The fourth-order valence-corrected chi connectivity index (χ4v) is 3.83. The maximum Gasteiger partial charge on any atom is 0.418 e. The first kappa shape index (κ1) is 16.1. The predicted molar refractivity (Wildman–Crippen MR) is 91.0 cm³/mol. The molecule has 0 N–H and O–H groups in total. The fourth-order valence-electron chi connectivity index (χ4n) is 3.45. The Labute approximate surface area is 147 Å². The minimum absolute atomic E-state index is 0.126. The van der Waals surface area contributed by atoms with Crippen LogP contribution in [0.15, 0.2) is 48.5 Å². The van der Waals surface area contributed by atoms with Gasteiger partial charge in [0.05, 0.1) is 11.3 Å². The number of halogens is 3. The van der Waals surface area contributed by atoms with Gasteiger partial charge in [-0.1, -0.05) is 36.4 Å². The summed E-state index contributed by atoms with van der Waals surface area (Å²) in [4.78, 5) is 15.6. The lowest BCUT2D eigenvalue weighted by Gasteiger charge is -2.30. The molecular weight excluding hydrogens is 349 g/mol. The average molecular weight is 362 g/mol. The molecule has 2 aliphatic rings. The summed E-state index contributed by atoms with van der Waals surface area (Å²) in [6.07, 6.45) is -4.11. The van der Waals surface area contributed by atoms with E-state index in [9.17, 15) is 18.0 Å². The molecule has 1 amide bonds. The highest BCUT2D eigenvalue weighted by Gasteiger charge is 2.47. The summed E-state index contributed by atoms with van der Waals surface area (Å²) in [6, 6.07) is 12.2. The van der Waals surface area contributed by atoms with Gasteiger partial charge < -0.3 is 4.90 Å². The Morgan fingerprint density at radius 3 is 2.36 bits per heavy atom. The smallest absolute Gasteiger partial charge is 0.332 e. The van der Waals surface area contributed by atoms with Crippen LogP contribution >= 0.6 is 12.2 Å². The summed E-state index contributed by atoms with van der Waals surface area (Å²) < 4.78 is 40.0. The number of nitrogens with zero attached hydrogens (tertiary/aromatic N) is 2. The molecule has 0 aromatic heterocycles. The Hall–Kier alpha value is -2.41. The standard InChI is InChI=1S/C18H13F3N2OS/c19-18(20,21)13-7-3-4-8-14(13)23-16(24)15-9-11-5-1-2-6-12(11)10-22(15)17(23)25/h1-8,15H,9-10H2/t15-/m0/s1. The van der Waals surface area contributed by atoms with Crippen LogP contribution in [0.2, 0.25) is 0 Å². The summed E-state index contributed by atoms with van der Waals surface area (Å²) in [5.41, 5.74) is 1.01. The number of alkyl halides is 3. The third-order valence-corrected chi connectivity index (χ3v) is 5.06. The second-order valence-electron chi connectivity index (χ2n) is 6.09. The summed E-state index contributed by atoms with van der Waals surface area (Å²) in [6.45, 7) is 0.427. The molecule has 25 heavy (non-hydrogen) atoms. The molecule has 2 heterocycles. The molecule has 0 spiro atoms. The van der Waals surface area contributed by atoms with E-state index in [1.165, 1.54) is 18.2 Å². The van der Waals surface area contributed by atoms with Gasteiger partial charge in [0.15, 0.2) is 5.11 Å². The maximum absolute atomic E-state index is 13.3. The zero-order chi connectivity index (χ0) is 17.8. The van der Waals surface area contributed by atoms with Gasteiger partial charge in [-0.15, -0.1) is 0 Å². The van der Waals surface area contributed by atoms with Crippen LogP contribution in [0.4, 0.5) is 18.9 Å². The first-order valence-corrected chi connectivity index (χ1v) is 8.16. The normalized spacial score (nSPS) is 19.9. The molecule has 1 atom stereocenters. The van der Waals surface area contributed by atoms with E-state index in [2.05, 4.69) is 0 Å². The van der Waals surface area contributed by atoms with Crippen molar-refractivity contribution in [3.63, 3.8) is 0 Å². The van der Waals surface area contributed by atoms with Crippen LogP contribution < -0.4 is 4.90 Å². The van der Waals surface area contributed by atoms with Crippen molar-refractivity contribution < 1.29 is 18.0 Å². The molecule has 3 nitrogen and oxygen atoms in total. The van der Waals surface area contributed by atoms with Gasteiger partial charge in [-0.2, -0.15) is 13.2 Å². The minimum Gasteiger partial charge on any atom is -0.332 e. The second-order valence-corrected chi connectivity index (χ2v) is 6.45. The molecule has 7 heteroatoms. The van der Waals surface area contributed by atoms with Crippen molar-refractivity contribution >= 4 is 28.9 Å². The van der Waals surface area contributed by atoms with Crippen molar-refractivity contribution in [2.45, 2.75) is 25.2 Å². The molecule has 128 valence electrons. The lowest BCUT2D eigenvalue weighted by atomic mass is 9.95. The average Bonchev–Trinajstić information content (AvgIpc) is 2.83. The number of benzene rings is 2. The van der Waals surface area contributed by atoms with E-state index in [-0.39, 0.29) is 10.8 Å². The van der Waals surface area contributed by atoms with Gasteiger partial charge in [0.25, 0.3) is 5.91 Å². The van der Waals surface area contributed by atoms with Gasteiger partial charge in [-0.3, -0.25) is 9.69 Å². The van der Waals surface area contributed by atoms with E-state index in [0.717, 1.165) is 22.1 Å². The van der Waals surface area contributed by atoms with Crippen LogP contribution in [0.3, 0.4) is 0 Å². The molecule has 2 aromatic carbocycles. The molecule has 2 aromatic rings. The number of para-hydroxylation sites is 1. The van der Waals surface area contributed by atoms with Gasteiger partial charge in [0, 0.05) is 13.0 Å². The highest BCUT2D eigenvalue weighted by molar-refractivity contribution is 7.80.